The summed E-state index contributed by atoms with van der Waals surface area (Å²) in [6.45, 7) is 1.63. The van der Waals surface area contributed by atoms with E-state index in [4.69, 9.17) is 24.7 Å². The van der Waals surface area contributed by atoms with Gasteiger partial charge in [0.2, 0.25) is 0 Å². The van der Waals surface area contributed by atoms with Gasteiger partial charge in [-0.2, -0.15) is 4.98 Å². The molecule has 11 nitrogen and oxygen atoms in total. The number of aromatic nitrogens is 4. The molecule has 1 amide bonds. The molecule has 6 rings (SSSR count). The lowest BCUT2D eigenvalue weighted by molar-refractivity contribution is -0.293. The summed E-state index contributed by atoms with van der Waals surface area (Å²) in [6, 6.07) is 7.63. The molecule has 222 valence electrons. The molecule has 3 heterocycles. The summed E-state index contributed by atoms with van der Waals surface area (Å²) < 4.78 is 37.2. The number of benzene rings is 1. The minimum absolute atomic E-state index is 0.0360. The zero-order valence-corrected chi connectivity index (χ0v) is 23.4. The third-order valence-corrected chi connectivity index (χ3v) is 8.00. The van der Waals surface area contributed by atoms with Gasteiger partial charge >= 0.3 is 17.8 Å². The molecule has 3 aromatic rings. The largest absolute Gasteiger partial charge is 0.465 e. The number of aromatic amines is 1. The van der Waals surface area contributed by atoms with Crippen molar-refractivity contribution in [1.82, 2.24) is 19.9 Å². The second kappa shape index (κ2) is 11.4. The van der Waals surface area contributed by atoms with Crippen molar-refractivity contribution in [2.45, 2.75) is 63.8 Å². The number of primary amides is 1. The Morgan fingerprint density at radius 3 is 2.43 bits per heavy atom. The molecule has 1 aliphatic heterocycles. The molecule has 3 aliphatic rings. The van der Waals surface area contributed by atoms with Gasteiger partial charge in [0.1, 0.15) is 17.3 Å². The number of nitrogens with one attached hydrogen (secondary N) is 1. The van der Waals surface area contributed by atoms with E-state index in [1.54, 1.807) is 31.3 Å². The van der Waals surface area contributed by atoms with Gasteiger partial charge in [-0.25, -0.2) is 14.4 Å². The second-order valence-electron chi connectivity index (χ2n) is 11.6. The number of halogens is 1. The number of ether oxygens (including phenoxy) is 4. The Morgan fingerprint density at radius 2 is 1.76 bits per heavy atom. The molecule has 0 unspecified atom stereocenters. The topological polar surface area (TPSA) is 152 Å². The summed E-state index contributed by atoms with van der Waals surface area (Å²) in [5.74, 6) is -3.59. The van der Waals surface area contributed by atoms with Gasteiger partial charge in [-0.1, -0.05) is 6.42 Å². The lowest BCUT2D eigenvalue weighted by Crippen LogP contribution is -2.56. The fraction of sp³-hybridized carbons (Fsp3) is 0.500. The zero-order chi connectivity index (χ0) is 29.3. The first-order chi connectivity index (χ1) is 20.3. The first-order valence-corrected chi connectivity index (χ1v) is 14.4. The first kappa shape index (κ1) is 28.2. The minimum atomic E-state index is -2.11. The maximum atomic E-state index is 13.8. The predicted molar refractivity (Wildman–Crippen MR) is 147 cm³/mol. The van der Waals surface area contributed by atoms with Gasteiger partial charge < -0.3 is 29.7 Å². The predicted octanol–water partition coefficient (Wildman–Crippen LogP) is 4.03. The molecule has 2 aliphatic carbocycles. The van der Waals surface area contributed by atoms with E-state index in [0.29, 0.717) is 35.2 Å². The maximum absolute atomic E-state index is 13.8. The van der Waals surface area contributed by atoms with Crippen molar-refractivity contribution in [2.24, 2.45) is 17.1 Å². The highest BCUT2D eigenvalue weighted by Gasteiger charge is 2.54. The van der Waals surface area contributed by atoms with Crippen LogP contribution in [0, 0.1) is 17.2 Å². The average molecular weight is 580 g/mol. The number of nitrogens with two attached hydrogens (primary N) is 1. The van der Waals surface area contributed by atoms with Crippen molar-refractivity contribution in [1.29, 1.82) is 0 Å². The monoisotopic (exact) mass is 579 g/mol. The third kappa shape index (κ3) is 5.73. The first-order valence-electron chi connectivity index (χ1n) is 14.4. The Morgan fingerprint density at radius 1 is 1.05 bits per heavy atom. The van der Waals surface area contributed by atoms with Crippen LogP contribution in [-0.4, -0.2) is 57.7 Å². The molecule has 0 atom stereocenters. The Hall–Kier alpha value is -3.90. The fourth-order valence-electron chi connectivity index (χ4n) is 5.17. The molecule has 1 saturated heterocycles. The van der Waals surface area contributed by atoms with E-state index < -0.39 is 28.9 Å². The van der Waals surface area contributed by atoms with Crippen LogP contribution in [0.1, 0.15) is 57.7 Å². The number of esters is 1. The number of hydrogen-bond donors (Lipinski definition) is 2. The van der Waals surface area contributed by atoms with Crippen molar-refractivity contribution >= 4 is 11.9 Å². The average Bonchev–Trinajstić information content (AvgIpc) is 3.73. The Bertz CT molecular complexity index is 1440. The second-order valence-corrected chi connectivity index (χ2v) is 11.6. The van der Waals surface area contributed by atoms with E-state index in [-0.39, 0.29) is 31.2 Å². The molecule has 2 aromatic heterocycles. The Labute approximate surface area is 242 Å². The van der Waals surface area contributed by atoms with Crippen LogP contribution in [0.2, 0.25) is 0 Å². The third-order valence-electron chi connectivity index (χ3n) is 8.00. The summed E-state index contributed by atoms with van der Waals surface area (Å²) in [4.78, 5) is 42.4. The van der Waals surface area contributed by atoms with E-state index in [0.717, 1.165) is 38.5 Å². The van der Waals surface area contributed by atoms with Crippen molar-refractivity contribution < 1.29 is 32.9 Å². The van der Waals surface area contributed by atoms with E-state index in [9.17, 15) is 14.0 Å². The number of amides is 1. The summed E-state index contributed by atoms with van der Waals surface area (Å²) in [5.41, 5.74) is 6.43. The van der Waals surface area contributed by atoms with Crippen LogP contribution in [0.3, 0.4) is 0 Å². The highest BCUT2D eigenvalue weighted by atomic mass is 19.1. The summed E-state index contributed by atoms with van der Waals surface area (Å²) in [5, 5.41) is 0. The molecule has 42 heavy (non-hydrogen) atoms. The summed E-state index contributed by atoms with van der Waals surface area (Å²) in [7, 11) is 0. The van der Waals surface area contributed by atoms with Gasteiger partial charge in [-0.05, 0) is 81.7 Å². The van der Waals surface area contributed by atoms with Gasteiger partial charge in [0, 0.05) is 11.8 Å². The number of imidazole rings is 1. The van der Waals surface area contributed by atoms with Crippen LogP contribution < -0.4 is 10.5 Å². The molecule has 0 radical (unpaired) electrons. The molecule has 12 heteroatoms. The van der Waals surface area contributed by atoms with Crippen LogP contribution in [0.15, 0.2) is 36.5 Å². The van der Waals surface area contributed by atoms with Gasteiger partial charge in [-0.3, -0.25) is 9.59 Å². The number of hydrogen-bond acceptors (Lipinski definition) is 9. The van der Waals surface area contributed by atoms with Crippen LogP contribution >= 0.6 is 0 Å². The number of rotatable bonds is 9. The molecule has 0 bridgehead atoms. The van der Waals surface area contributed by atoms with Crippen molar-refractivity contribution in [2.75, 3.05) is 19.8 Å². The van der Waals surface area contributed by atoms with E-state index in [1.165, 1.54) is 18.6 Å². The van der Waals surface area contributed by atoms with E-state index in [1.807, 2.05) is 0 Å². The van der Waals surface area contributed by atoms with Crippen LogP contribution in [0.25, 0.3) is 22.6 Å². The number of carbonyl (C=O) groups excluding carboxylic acids is 2. The molecule has 0 spiro atoms. The molecular weight excluding hydrogens is 545 g/mol. The Balaban J connectivity index is 1.33. The molecule has 1 aromatic carbocycles. The lowest BCUT2D eigenvalue weighted by atomic mass is 9.91. The quantitative estimate of drug-likeness (QED) is 0.358. The van der Waals surface area contributed by atoms with Crippen LogP contribution in [0.5, 0.6) is 6.01 Å². The molecular formula is C30H34FN5O6. The molecule has 3 fully saturated rings. The van der Waals surface area contributed by atoms with Gasteiger partial charge in [-0.15, -0.1) is 0 Å². The van der Waals surface area contributed by atoms with Gasteiger partial charge in [0.15, 0.2) is 5.82 Å². The highest BCUT2D eigenvalue weighted by Crippen LogP contribution is 2.40. The van der Waals surface area contributed by atoms with E-state index in [2.05, 4.69) is 19.9 Å². The smallest absolute Gasteiger partial charge is 0.317 e. The maximum Gasteiger partial charge on any atom is 0.317 e. The van der Waals surface area contributed by atoms with Crippen LogP contribution in [-0.2, 0) is 29.6 Å². The number of carbonyl (C=O) groups is 2. The molecule has 2 saturated carbocycles. The summed E-state index contributed by atoms with van der Waals surface area (Å²) >= 11 is 0. The van der Waals surface area contributed by atoms with Gasteiger partial charge in [0.25, 0.3) is 5.91 Å². The standard InChI is InChI=1S/C30H34FN5O6/c1-29(27(38)39-15-18-7-8-18)16-40-30(25(32)37,41-17-29)26-35-23(19-9-11-20(31)12-10-19)24(36-26)22-13-14-33-28(34-22)42-21-5-3-2-4-6-21/h9-14,18,21H,2-8,15-17H2,1H3,(H2,32,37)(H,35,36). The number of nitrogens with zero attached hydrogens (tertiary/aromatic N) is 3. The fourth-order valence-corrected chi connectivity index (χ4v) is 5.17. The van der Waals surface area contributed by atoms with Gasteiger partial charge in [0.05, 0.1) is 36.9 Å². The lowest BCUT2D eigenvalue weighted by Gasteiger charge is -2.40. The summed E-state index contributed by atoms with van der Waals surface area (Å²) in [6.07, 6.45) is 8.94. The SMILES string of the molecule is CC1(C(=O)OCC2CC2)COC(C(N)=O)(c2nc(-c3ccc(F)cc3)c(-c3ccnc(OC4CCCCC4)n3)[nH]2)OC1. The normalized spacial score (nSPS) is 24.7. The highest BCUT2D eigenvalue weighted by molar-refractivity contribution is 5.85. The number of H-pyrrole nitrogens is 1. The van der Waals surface area contributed by atoms with Crippen LogP contribution in [0.4, 0.5) is 4.39 Å². The van der Waals surface area contributed by atoms with Crippen molar-refractivity contribution in [3.05, 3.63) is 48.2 Å². The Kier molecular flexibility index (Phi) is 7.67. The zero-order valence-electron chi connectivity index (χ0n) is 23.4. The molecule has 3 N–H and O–H groups in total. The van der Waals surface area contributed by atoms with Crippen molar-refractivity contribution in [3.63, 3.8) is 0 Å². The van der Waals surface area contributed by atoms with Crippen molar-refractivity contribution in [3.8, 4) is 28.7 Å². The van der Waals surface area contributed by atoms with E-state index >= 15 is 0 Å². The minimum Gasteiger partial charge on any atom is -0.465 e.